The topological polar surface area (TPSA) is 27.8 Å². The lowest BCUT2D eigenvalue weighted by atomic mass is 10.1. The van der Waals surface area contributed by atoms with Gasteiger partial charge in [0.1, 0.15) is 5.82 Å². The summed E-state index contributed by atoms with van der Waals surface area (Å²) < 4.78 is 13.4. The van der Waals surface area contributed by atoms with Gasteiger partial charge in [-0.1, -0.05) is 13.8 Å². The third kappa shape index (κ3) is 1.96. The van der Waals surface area contributed by atoms with Gasteiger partial charge in [0, 0.05) is 30.2 Å². The lowest BCUT2D eigenvalue weighted by Gasteiger charge is -2.07. The molecule has 0 fully saturated rings. The first-order valence-corrected chi connectivity index (χ1v) is 5.18. The van der Waals surface area contributed by atoms with Crippen molar-refractivity contribution in [1.82, 2.24) is 4.98 Å². The zero-order valence-corrected chi connectivity index (χ0v) is 9.61. The van der Waals surface area contributed by atoms with Crippen molar-refractivity contribution < 1.29 is 4.39 Å². The molecule has 0 atom stereocenters. The molecule has 15 heavy (non-hydrogen) atoms. The fourth-order valence-corrected chi connectivity index (χ4v) is 1.65. The summed E-state index contributed by atoms with van der Waals surface area (Å²) in [5.74, 6) is -0.213. The fraction of sp³-hybridized carbons (Fsp3) is 0.333. The van der Waals surface area contributed by atoms with Crippen molar-refractivity contribution in [3.63, 3.8) is 0 Å². The van der Waals surface area contributed by atoms with Gasteiger partial charge in [0.25, 0.3) is 0 Å². The molecule has 2 rings (SSSR count). The lowest BCUT2D eigenvalue weighted by molar-refractivity contribution is 0.632. The Bertz CT molecular complexity index is 446. The first kappa shape index (κ1) is 11.6. The molecule has 2 nitrogen and oxygen atoms in total. The highest BCUT2D eigenvalue weighted by molar-refractivity contribution is 5.87. The molecule has 2 N–H and O–H groups in total. The number of aryl methyl sites for hydroxylation is 1. The third-order valence-electron chi connectivity index (χ3n) is 2.32. The Labute approximate surface area is 89.5 Å². The summed E-state index contributed by atoms with van der Waals surface area (Å²) in [4.78, 5) is 2.98. The number of rotatable bonds is 1. The zero-order chi connectivity index (χ0) is 11.4. The van der Waals surface area contributed by atoms with Crippen LogP contribution < -0.4 is 5.32 Å². The maximum absolute atomic E-state index is 13.4. The number of nitrogens with one attached hydrogen (secondary N) is 2. The number of aromatic nitrogens is 1. The Morgan fingerprint density at radius 1 is 1.33 bits per heavy atom. The van der Waals surface area contributed by atoms with Crippen molar-refractivity contribution in [2.45, 2.75) is 20.8 Å². The second-order valence-corrected chi connectivity index (χ2v) is 3.05. The van der Waals surface area contributed by atoms with E-state index in [-0.39, 0.29) is 5.82 Å². The summed E-state index contributed by atoms with van der Waals surface area (Å²) in [6, 6.07) is 3.46. The molecule has 3 heteroatoms. The number of hydrogen-bond acceptors (Lipinski definition) is 1. The van der Waals surface area contributed by atoms with E-state index in [0.717, 1.165) is 16.5 Å². The molecular weight excluding hydrogens is 191 g/mol. The van der Waals surface area contributed by atoms with Crippen LogP contribution >= 0.6 is 0 Å². The minimum Gasteiger partial charge on any atom is -0.386 e. The number of halogens is 1. The molecule has 1 aromatic carbocycles. The van der Waals surface area contributed by atoms with E-state index >= 15 is 0 Å². The van der Waals surface area contributed by atoms with Gasteiger partial charge in [-0.25, -0.2) is 4.39 Å². The number of aromatic amines is 1. The first-order valence-electron chi connectivity index (χ1n) is 5.18. The zero-order valence-electron chi connectivity index (χ0n) is 9.61. The Morgan fingerprint density at radius 3 is 2.60 bits per heavy atom. The van der Waals surface area contributed by atoms with Crippen LogP contribution in [0.2, 0.25) is 0 Å². The van der Waals surface area contributed by atoms with Crippen LogP contribution in [0.1, 0.15) is 19.4 Å². The number of anilines is 1. The Kier molecular flexibility index (Phi) is 3.72. The van der Waals surface area contributed by atoms with Gasteiger partial charge in [-0.05, 0) is 18.6 Å². The summed E-state index contributed by atoms with van der Waals surface area (Å²) in [5, 5.41) is 3.92. The maximum Gasteiger partial charge on any atom is 0.148 e. The van der Waals surface area contributed by atoms with Crippen molar-refractivity contribution >= 4 is 16.6 Å². The normalized spacial score (nSPS) is 9.67. The molecule has 0 spiro atoms. The van der Waals surface area contributed by atoms with Gasteiger partial charge in [0.05, 0.1) is 5.69 Å². The van der Waals surface area contributed by atoms with E-state index in [1.54, 1.807) is 7.05 Å². The van der Waals surface area contributed by atoms with Crippen LogP contribution in [0, 0.1) is 12.7 Å². The maximum atomic E-state index is 13.4. The summed E-state index contributed by atoms with van der Waals surface area (Å²) in [7, 11) is 1.73. The van der Waals surface area contributed by atoms with Crippen LogP contribution in [0.25, 0.3) is 10.9 Å². The highest BCUT2D eigenvalue weighted by Crippen LogP contribution is 2.27. The highest BCUT2D eigenvalue weighted by Gasteiger charge is 2.08. The van der Waals surface area contributed by atoms with Crippen molar-refractivity contribution in [3.05, 3.63) is 29.7 Å². The van der Waals surface area contributed by atoms with Crippen molar-refractivity contribution in [1.29, 1.82) is 0 Å². The second-order valence-electron chi connectivity index (χ2n) is 3.05. The smallest absolute Gasteiger partial charge is 0.148 e. The van der Waals surface area contributed by atoms with Gasteiger partial charge in [-0.15, -0.1) is 0 Å². The molecule has 0 aliphatic heterocycles. The molecule has 0 aliphatic rings. The molecule has 1 heterocycles. The van der Waals surface area contributed by atoms with E-state index in [9.17, 15) is 4.39 Å². The van der Waals surface area contributed by atoms with Gasteiger partial charge >= 0.3 is 0 Å². The Morgan fingerprint density at radius 2 is 2.00 bits per heavy atom. The highest BCUT2D eigenvalue weighted by atomic mass is 19.1. The minimum atomic E-state index is -0.213. The minimum absolute atomic E-state index is 0.213. The van der Waals surface area contributed by atoms with Crippen LogP contribution in [0.15, 0.2) is 18.3 Å². The second kappa shape index (κ2) is 4.82. The number of hydrogen-bond donors (Lipinski definition) is 2. The summed E-state index contributed by atoms with van der Waals surface area (Å²) in [6.45, 7) is 5.91. The predicted molar refractivity (Wildman–Crippen MR) is 63.9 cm³/mol. The average molecular weight is 208 g/mol. The van der Waals surface area contributed by atoms with Gasteiger partial charge in [-0.3, -0.25) is 0 Å². The van der Waals surface area contributed by atoms with Crippen molar-refractivity contribution in [3.8, 4) is 0 Å². The molecule has 0 radical (unpaired) electrons. The van der Waals surface area contributed by atoms with E-state index in [0.29, 0.717) is 5.69 Å². The van der Waals surface area contributed by atoms with E-state index in [4.69, 9.17) is 0 Å². The third-order valence-corrected chi connectivity index (χ3v) is 2.32. The average Bonchev–Trinajstić information content (AvgIpc) is 2.69. The standard InChI is InChI=1S/C10H11FN2.C2H6/c1-6-7-3-4-13-9(7)5-8(11)10(6)12-2;1-2/h3-5,12-13H,1-2H3;1-2H3. The van der Waals surface area contributed by atoms with Crippen LogP contribution in [-0.2, 0) is 0 Å². The molecule has 0 bridgehead atoms. The Hall–Kier alpha value is -1.51. The molecule has 0 amide bonds. The number of benzene rings is 1. The number of fused-ring (bicyclic) bond motifs is 1. The predicted octanol–water partition coefficient (Wildman–Crippen LogP) is 3.68. The summed E-state index contributed by atoms with van der Waals surface area (Å²) in [5.41, 5.74) is 2.36. The molecule has 0 saturated carbocycles. The molecule has 0 aliphatic carbocycles. The molecular formula is C12H17FN2. The number of H-pyrrole nitrogens is 1. The van der Waals surface area contributed by atoms with Crippen LogP contribution in [-0.4, -0.2) is 12.0 Å². The van der Waals surface area contributed by atoms with Crippen LogP contribution in [0.5, 0.6) is 0 Å². The fourth-order valence-electron chi connectivity index (χ4n) is 1.65. The van der Waals surface area contributed by atoms with Gasteiger partial charge < -0.3 is 10.3 Å². The molecule has 2 aromatic rings. The van der Waals surface area contributed by atoms with Gasteiger partial charge in [0.15, 0.2) is 0 Å². The Balaban J connectivity index is 0.000000531. The SMILES string of the molecule is CC.CNc1c(F)cc2[nH]ccc2c1C. The largest absolute Gasteiger partial charge is 0.386 e. The van der Waals surface area contributed by atoms with E-state index < -0.39 is 0 Å². The molecule has 82 valence electrons. The summed E-state index contributed by atoms with van der Waals surface area (Å²) in [6.07, 6.45) is 1.82. The van der Waals surface area contributed by atoms with E-state index in [2.05, 4.69) is 10.3 Å². The molecule has 1 aromatic heterocycles. The monoisotopic (exact) mass is 208 g/mol. The van der Waals surface area contributed by atoms with E-state index in [1.807, 2.05) is 33.0 Å². The van der Waals surface area contributed by atoms with Gasteiger partial charge in [-0.2, -0.15) is 0 Å². The lowest BCUT2D eigenvalue weighted by Crippen LogP contribution is -1.95. The summed E-state index contributed by atoms with van der Waals surface area (Å²) >= 11 is 0. The van der Waals surface area contributed by atoms with Crippen LogP contribution in [0.4, 0.5) is 10.1 Å². The molecule has 0 unspecified atom stereocenters. The van der Waals surface area contributed by atoms with Crippen molar-refractivity contribution in [2.24, 2.45) is 0 Å². The quantitative estimate of drug-likeness (QED) is 0.735. The first-order chi connectivity index (χ1) is 7.24. The van der Waals surface area contributed by atoms with Gasteiger partial charge in [0.2, 0.25) is 0 Å². The van der Waals surface area contributed by atoms with Crippen LogP contribution in [0.3, 0.4) is 0 Å². The van der Waals surface area contributed by atoms with E-state index in [1.165, 1.54) is 6.07 Å². The molecule has 0 saturated heterocycles. The van der Waals surface area contributed by atoms with Crippen molar-refractivity contribution in [2.75, 3.05) is 12.4 Å².